The lowest BCUT2D eigenvalue weighted by Gasteiger charge is -2.59. The van der Waals surface area contributed by atoms with Gasteiger partial charge in [-0.2, -0.15) is 10.2 Å². The van der Waals surface area contributed by atoms with Crippen LogP contribution in [0.3, 0.4) is 0 Å². The maximum atomic E-state index is 9.60. The Balaban J connectivity index is 1.30. The van der Waals surface area contributed by atoms with Crippen LogP contribution in [-0.4, -0.2) is 75.6 Å². The van der Waals surface area contributed by atoms with E-state index >= 15 is 0 Å². The fourth-order valence-electron chi connectivity index (χ4n) is 5.35. The number of rotatable bonds is 5. The molecule has 0 unspecified atom stereocenters. The fourth-order valence-corrected chi connectivity index (χ4v) is 5.35. The zero-order valence-electron chi connectivity index (χ0n) is 18.2. The minimum atomic E-state index is -0.0629. The number of piperidine rings is 1. The summed E-state index contributed by atoms with van der Waals surface area (Å²) in [6, 6.07) is 6.96. The summed E-state index contributed by atoms with van der Waals surface area (Å²) in [5.74, 6) is 1.52. The maximum absolute atomic E-state index is 9.60. The number of pyridine rings is 1. The highest BCUT2D eigenvalue weighted by Gasteiger charge is 2.50. The molecule has 1 atom stereocenters. The van der Waals surface area contributed by atoms with Gasteiger partial charge in [0.15, 0.2) is 0 Å². The highest BCUT2D eigenvalue weighted by atomic mass is 15.4. The third-order valence-corrected chi connectivity index (χ3v) is 7.05. The topological polar surface area (TPSA) is 84.2 Å². The van der Waals surface area contributed by atoms with Gasteiger partial charge in [0.25, 0.3) is 0 Å². The van der Waals surface area contributed by atoms with E-state index in [0.29, 0.717) is 18.4 Å². The average molecular weight is 419 g/mol. The van der Waals surface area contributed by atoms with Gasteiger partial charge in [0.1, 0.15) is 5.82 Å². The van der Waals surface area contributed by atoms with Gasteiger partial charge in [-0.3, -0.25) is 14.8 Å². The van der Waals surface area contributed by atoms with Crippen LogP contribution in [0.15, 0.2) is 30.7 Å². The molecule has 5 heterocycles. The number of piperazine rings is 1. The number of anilines is 3. The second-order valence-corrected chi connectivity index (χ2v) is 9.11. The first-order valence-electron chi connectivity index (χ1n) is 11.3. The molecular formula is C23H30N8. The van der Waals surface area contributed by atoms with E-state index in [1.165, 1.54) is 25.8 Å². The van der Waals surface area contributed by atoms with Crippen molar-refractivity contribution in [1.29, 1.82) is 5.26 Å². The molecule has 0 saturated carbocycles. The lowest BCUT2D eigenvalue weighted by molar-refractivity contribution is -0.0249. The predicted molar refractivity (Wildman–Crippen MR) is 120 cm³/mol. The van der Waals surface area contributed by atoms with Crippen LogP contribution in [0.2, 0.25) is 0 Å². The van der Waals surface area contributed by atoms with Crippen molar-refractivity contribution in [3.63, 3.8) is 0 Å². The van der Waals surface area contributed by atoms with E-state index in [-0.39, 0.29) is 5.54 Å². The van der Waals surface area contributed by atoms with Gasteiger partial charge in [0.2, 0.25) is 5.95 Å². The molecule has 5 rings (SSSR count). The molecule has 2 aromatic rings. The molecule has 2 aromatic heterocycles. The number of nitrogens with zero attached hydrogens (tertiary/aromatic N) is 7. The van der Waals surface area contributed by atoms with Crippen molar-refractivity contribution in [2.24, 2.45) is 0 Å². The molecule has 0 spiro atoms. The highest BCUT2D eigenvalue weighted by Crippen LogP contribution is 2.37. The summed E-state index contributed by atoms with van der Waals surface area (Å²) in [5, 5.41) is 12.8. The first kappa shape index (κ1) is 20.2. The number of fused-ring (bicyclic) bond motifs is 1. The number of hydrogen-bond acceptors (Lipinski definition) is 8. The van der Waals surface area contributed by atoms with Crippen LogP contribution in [0, 0.1) is 18.3 Å². The number of nitriles is 1. The van der Waals surface area contributed by atoms with E-state index in [1.54, 1.807) is 12.4 Å². The van der Waals surface area contributed by atoms with Gasteiger partial charge in [0, 0.05) is 56.7 Å². The standard InChI is InChI=1S/C23H30N8/c1-18-13-26-22(27-19-5-4-9-25-14-19)28-21(18)30-16-23(17-30,7-8-24)31-12-11-29-10-3-2-6-20(29)15-31/h4-5,9,13-14,20H,2-3,6-7,10-12,15-17H2,1H3,(H,26,27,28)/t20-/m0/s1. The third kappa shape index (κ3) is 3.95. The second-order valence-electron chi connectivity index (χ2n) is 9.11. The van der Waals surface area contributed by atoms with Gasteiger partial charge in [-0.1, -0.05) is 6.42 Å². The van der Waals surface area contributed by atoms with Crippen molar-refractivity contribution in [3.05, 3.63) is 36.3 Å². The summed E-state index contributed by atoms with van der Waals surface area (Å²) >= 11 is 0. The molecule has 0 amide bonds. The summed E-state index contributed by atoms with van der Waals surface area (Å²) in [7, 11) is 0. The zero-order chi connectivity index (χ0) is 21.3. The van der Waals surface area contributed by atoms with E-state index in [4.69, 9.17) is 4.98 Å². The summed E-state index contributed by atoms with van der Waals surface area (Å²) < 4.78 is 0. The molecule has 0 aromatic carbocycles. The van der Waals surface area contributed by atoms with E-state index in [1.807, 2.05) is 25.3 Å². The molecule has 3 aliphatic heterocycles. The monoisotopic (exact) mass is 418 g/mol. The number of hydrogen-bond donors (Lipinski definition) is 1. The quantitative estimate of drug-likeness (QED) is 0.793. The van der Waals surface area contributed by atoms with Gasteiger partial charge in [-0.05, 0) is 38.4 Å². The molecule has 0 bridgehead atoms. The van der Waals surface area contributed by atoms with E-state index in [2.05, 4.69) is 36.1 Å². The minimum Gasteiger partial charge on any atom is -0.352 e. The largest absolute Gasteiger partial charge is 0.352 e. The van der Waals surface area contributed by atoms with Gasteiger partial charge in [0.05, 0.1) is 29.9 Å². The number of aryl methyl sites for hydroxylation is 1. The van der Waals surface area contributed by atoms with Crippen molar-refractivity contribution >= 4 is 17.5 Å². The molecule has 3 fully saturated rings. The summed E-state index contributed by atoms with van der Waals surface area (Å²) in [6.45, 7) is 8.25. The van der Waals surface area contributed by atoms with Crippen LogP contribution in [0.25, 0.3) is 0 Å². The molecule has 1 N–H and O–H groups in total. The molecule has 31 heavy (non-hydrogen) atoms. The van der Waals surface area contributed by atoms with E-state index < -0.39 is 0 Å². The van der Waals surface area contributed by atoms with Crippen LogP contribution >= 0.6 is 0 Å². The molecule has 8 nitrogen and oxygen atoms in total. The van der Waals surface area contributed by atoms with E-state index in [0.717, 1.165) is 49.8 Å². The van der Waals surface area contributed by atoms with Crippen molar-refractivity contribution < 1.29 is 0 Å². The summed E-state index contributed by atoms with van der Waals surface area (Å²) in [4.78, 5) is 20.9. The third-order valence-electron chi connectivity index (χ3n) is 7.05. The van der Waals surface area contributed by atoms with Gasteiger partial charge in [-0.15, -0.1) is 0 Å². The molecule has 8 heteroatoms. The fraction of sp³-hybridized carbons (Fsp3) is 0.565. The first-order chi connectivity index (χ1) is 15.2. The Morgan fingerprint density at radius 1 is 1.23 bits per heavy atom. The van der Waals surface area contributed by atoms with Crippen LogP contribution < -0.4 is 10.2 Å². The lowest BCUT2D eigenvalue weighted by atomic mass is 9.82. The summed E-state index contributed by atoms with van der Waals surface area (Å²) in [6.07, 6.45) is 9.89. The number of nitrogens with one attached hydrogen (secondary N) is 1. The smallest absolute Gasteiger partial charge is 0.229 e. The Morgan fingerprint density at radius 2 is 2.13 bits per heavy atom. The molecule has 162 valence electrons. The summed E-state index contributed by atoms with van der Waals surface area (Å²) in [5.41, 5.74) is 1.86. The molecule has 0 radical (unpaired) electrons. The van der Waals surface area contributed by atoms with Crippen molar-refractivity contribution in [3.8, 4) is 6.07 Å². The molecular weight excluding hydrogens is 388 g/mol. The van der Waals surface area contributed by atoms with Crippen molar-refractivity contribution in [2.75, 3.05) is 49.5 Å². The lowest BCUT2D eigenvalue weighted by Crippen LogP contribution is -2.74. The van der Waals surface area contributed by atoms with Crippen molar-refractivity contribution in [1.82, 2.24) is 24.8 Å². The van der Waals surface area contributed by atoms with Crippen molar-refractivity contribution in [2.45, 2.75) is 44.2 Å². The molecule has 3 saturated heterocycles. The Morgan fingerprint density at radius 3 is 2.94 bits per heavy atom. The van der Waals surface area contributed by atoms with Gasteiger partial charge in [-0.25, -0.2) is 4.98 Å². The highest BCUT2D eigenvalue weighted by molar-refractivity contribution is 5.57. The SMILES string of the molecule is Cc1cnc(Nc2cccnc2)nc1N1CC(CC#N)(N2CCN3CCCC[C@H]3C2)C1. The van der Waals surface area contributed by atoms with Crippen LogP contribution in [0.1, 0.15) is 31.2 Å². The van der Waals surface area contributed by atoms with Crippen LogP contribution in [0.4, 0.5) is 17.5 Å². The average Bonchev–Trinajstić information content (AvgIpc) is 2.78. The Hall–Kier alpha value is -2.76. The first-order valence-corrected chi connectivity index (χ1v) is 11.3. The Labute approximate surface area is 183 Å². The number of aromatic nitrogens is 3. The predicted octanol–water partition coefficient (Wildman–Crippen LogP) is 2.57. The molecule has 3 aliphatic rings. The minimum absolute atomic E-state index is 0.0629. The van der Waals surface area contributed by atoms with Gasteiger partial charge >= 0.3 is 0 Å². The Bertz CT molecular complexity index is 950. The van der Waals surface area contributed by atoms with Crippen LogP contribution in [0.5, 0.6) is 0 Å². The second kappa shape index (κ2) is 8.40. The maximum Gasteiger partial charge on any atom is 0.229 e. The van der Waals surface area contributed by atoms with Crippen LogP contribution in [-0.2, 0) is 0 Å². The van der Waals surface area contributed by atoms with E-state index in [9.17, 15) is 5.26 Å². The normalized spacial score (nSPS) is 23.5. The zero-order valence-corrected chi connectivity index (χ0v) is 18.2. The van der Waals surface area contributed by atoms with Gasteiger partial charge < -0.3 is 10.2 Å². The Kier molecular flexibility index (Phi) is 5.47. The molecule has 0 aliphatic carbocycles.